The number of nitrogens with zero attached hydrogens (tertiary/aromatic N) is 2. The number of thioether (sulfide) groups is 1. The number of aromatic nitrogens is 1. The average molecular weight is 427 g/mol. The third-order valence-corrected chi connectivity index (χ3v) is 6.44. The first-order valence-electron chi connectivity index (χ1n) is 9.05. The van der Waals surface area contributed by atoms with Gasteiger partial charge in [-0.25, -0.2) is 9.37 Å². The number of nitrogens with one attached hydrogen (secondary N) is 1. The minimum atomic E-state index is -0.749. The molecule has 1 aliphatic heterocycles. The van der Waals surface area contributed by atoms with Crippen molar-refractivity contribution in [3.05, 3.63) is 71.0 Å². The lowest BCUT2D eigenvalue weighted by atomic mass is 9.89. The Morgan fingerprint density at radius 3 is 2.79 bits per heavy atom. The highest BCUT2D eigenvalue weighted by atomic mass is 32.2. The lowest BCUT2D eigenvalue weighted by Gasteiger charge is -2.30. The van der Waals surface area contributed by atoms with E-state index in [1.54, 1.807) is 11.4 Å². The topological polar surface area (TPSA) is 80.4 Å². The molecule has 2 heterocycles. The van der Waals surface area contributed by atoms with Gasteiger partial charge in [0.1, 0.15) is 16.5 Å². The molecule has 148 valence electrons. The molecule has 1 unspecified atom stereocenters. The van der Waals surface area contributed by atoms with Crippen molar-refractivity contribution < 1.29 is 9.18 Å². The molecule has 0 saturated carbocycles. The first-order valence-corrected chi connectivity index (χ1v) is 10.9. The second-order valence-electron chi connectivity index (χ2n) is 6.88. The number of anilines is 1. The van der Waals surface area contributed by atoms with Crippen LogP contribution in [-0.2, 0) is 5.54 Å². The zero-order chi connectivity index (χ0) is 20.4. The predicted molar refractivity (Wildman–Crippen MR) is 118 cm³/mol. The van der Waals surface area contributed by atoms with Crippen molar-refractivity contribution in [2.45, 2.75) is 18.9 Å². The van der Waals surface area contributed by atoms with Crippen molar-refractivity contribution in [1.82, 2.24) is 4.98 Å². The van der Waals surface area contributed by atoms with Crippen molar-refractivity contribution in [1.29, 1.82) is 0 Å². The largest absolute Gasteiger partial charge is 0.379 e. The van der Waals surface area contributed by atoms with Gasteiger partial charge in [-0.15, -0.1) is 11.3 Å². The Labute approximate surface area is 176 Å². The molecular formula is C21H19FN4OS2. The number of hydrogen-bond acceptors (Lipinski definition) is 6. The number of halogens is 1. The number of amidine groups is 1. The van der Waals surface area contributed by atoms with Crippen LogP contribution < -0.4 is 11.1 Å². The van der Waals surface area contributed by atoms with Gasteiger partial charge in [-0.05, 0) is 31.5 Å². The quantitative estimate of drug-likeness (QED) is 0.624. The summed E-state index contributed by atoms with van der Waals surface area (Å²) in [6, 6.07) is 14.2. The smallest absolute Gasteiger partial charge is 0.275 e. The van der Waals surface area contributed by atoms with Crippen LogP contribution in [0.4, 0.5) is 10.1 Å². The van der Waals surface area contributed by atoms with Crippen molar-refractivity contribution in [3.8, 4) is 10.6 Å². The van der Waals surface area contributed by atoms with E-state index in [0.717, 1.165) is 16.3 Å². The maximum absolute atomic E-state index is 14.5. The minimum Gasteiger partial charge on any atom is -0.379 e. The summed E-state index contributed by atoms with van der Waals surface area (Å²) < 4.78 is 14.5. The summed E-state index contributed by atoms with van der Waals surface area (Å²) in [5, 5.41) is 5.75. The summed E-state index contributed by atoms with van der Waals surface area (Å²) in [7, 11) is 0. The molecule has 3 N–H and O–H groups in total. The van der Waals surface area contributed by atoms with Crippen molar-refractivity contribution in [3.63, 3.8) is 0 Å². The van der Waals surface area contributed by atoms with Crippen LogP contribution in [0.25, 0.3) is 10.6 Å². The van der Waals surface area contributed by atoms with Crippen LogP contribution in [0.3, 0.4) is 0 Å². The Bertz CT molecular complexity index is 1080. The summed E-state index contributed by atoms with van der Waals surface area (Å²) in [5.74, 6) is 0.0606. The van der Waals surface area contributed by atoms with E-state index in [9.17, 15) is 9.18 Å². The van der Waals surface area contributed by atoms with E-state index in [4.69, 9.17) is 5.73 Å². The maximum Gasteiger partial charge on any atom is 0.275 e. The third kappa shape index (κ3) is 4.18. The molecule has 0 bridgehead atoms. The maximum atomic E-state index is 14.5. The van der Waals surface area contributed by atoms with E-state index in [1.165, 1.54) is 35.2 Å². The summed E-state index contributed by atoms with van der Waals surface area (Å²) >= 11 is 2.87. The van der Waals surface area contributed by atoms with Crippen LogP contribution >= 0.6 is 23.1 Å². The Morgan fingerprint density at radius 2 is 2.03 bits per heavy atom. The van der Waals surface area contributed by atoms with Crippen LogP contribution in [0.2, 0.25) is 0 Å². The van der Waals surface area contributed by atoms with E-state index in [0.29, 0.717) is 28.5 Å². The molecule has 0 saturated heterocycles. The first-order chi connectivity index (χ1) is 13.9. The molecule has 1 amide bonds. The highest BCUT2D eigenvalue weighted by Crippen LogP contribution is 2.37. The number of aliphatic imine (C=N–C) groups is 1. The molecule has 2 aromatic carbocycles. The standard InChI is InChI=1S/C21H19FN4OS2/c1-21(9-10-28-20(23)26-21)15-11-14(7-8-16(15)22)24-18(27)17-12-29-19(25-17)13-5-3-2-4-6-13/h2-8,11-12H,9-10H2,1H3,(H2,23,26)(H,24,27). The van der Waals surface area contributed by atoms with Gasteiger partial charge in [-0.3, -0.25) is 9.79 Å². The first kappa shape index (κ1) is 19.6. The zero-order valence-electron chi connectivity index (χ0n) is 15.7. The normalized spacial score (nSPS) is 18.9. The van der Waals surface area contributed by atoms with Crippen LogP contribution in [0.1, 0.15) is 29.4 Å². The summed E-state index contributed by atoms with van der Waals surface area (Å²) in [6.07, 6.45) is 0.666. The lowest BCUT2D eigenvalue weighted by molar-refractivity contribution is 0.102. The van der Waals surface area contributed by atoms with Gasteiger partial charge < -0.3 is 11.1 Å². The summed E-state index contributed by atoms with van der Waals surface area (Å²) in [4.78, 5) is 21.5. The third-order valence-electron chi connectivity index (χ3n) is 4.76. The van der Waals surface area contributed by atoms with Gasteiger partial charge in [0.2, 0.25) is 0 Å². The molecule has 1 aromatic heterocycles. The Kier molecular flexibility index (Phi) is 5.38. The number of rotatable bonds is 4. The van der Waals surface area contributed by atoms with Gasteiger partial charge >= 0.3 is 0 Å². The fourth-order valence-electron chi connectivity index (χ4n) is 3.18. The molecule has 1 aliphatic rings. The Morgan fingerprint density at radius 1 is 1.24 bits per heavy atom. The molecule has 1 atom stereocenters. The van der Waals surface area contributed by atoms with E-state index in [1.807, 2.05) is 37.3 Å². The number of hydrogen-bond donors (Lipinski definition) is 2. The highest BCUT2D eigenvalue weighted by molar-refractivity contribution is 8.13. The van der Waals surface area contributed by atoms with Crippen molar-refractivity contribution in [2.75, 3.05) is 11.1 Å². The number of carbonyl (C=O) groups excluding carboxylic acids is 1. The minimum absolute atomic E-state index is 0.322. The van der Waals surface area contributed by atoms with Gasteiger partial charge in [0.15, 0.2) is 5.17 Å². The van der Waals surface area contributed by atoms with E-state index in [2.05, 4.69) is 15.3 Å². The summed E-state index contributed by atoms with van der Waals surface area (Å²) in [5.41, 5.74) is 7.30. The predicted octanol–water partition coefficient (Wildman–Crippen LogP) is 4.87. The van der Waals surface area contributed by atoms with E-state index in [-0.39, 0.29) is 11.7 Å². The van der Waals surface area contributed by atoms with Gasteiger partial charge in [-0.2, -0.15) is 0 Å². The number of carbonyl (C=O) groups is 1. The molecular weight excluding hydrogens is 407 g/mol. The fourth-order valence-corrected chi connectivity index (χ4v) is 4.96. The van der Waals surface area contributed by atoms with Crippen molar-refractivity contribution >= 4 is 39.9 Å². The van der Waals surface area contributed by atoms with Crippen LogP contribution in [0, 0.1) is 5.82 Å². The number of nitrogens with two attached hydrogens (primary N) is 1. The fraction of sp³-hybridized carbons (Fsp3) is 0.190. The molecule has 0 spiro atoms. The Hall–Kier alpha value is -2.71. The SMILES string of the molecule is CC1(c2cc(NC(=O)c3csc(-c4ccccc4)n3)ccc2F)CCSC(N)=N1. The van der Waals surface area contributed by atoms with Gasteiger partial charge in [0.25, 0.3) is 5.91 Å². The molecule has 5 nitrogen and oxygen atoms in total. The summed E-state index contributed by atoms with van der Waals surface area (Å²) in [6.45, 7) is 1.86. The van der Waals surface area contributed by atoms with Gasteiger partial charge in [0, 0.05) is 27.9 Å². The second-order valence-corrected chi connectivity index (χ2v) is 8.85. The zero-order valence-corrected chi connectivity index (χ0v) is 17.3. The number of thiazole rings is 1. The molecule has 0 radical (unpaired) electrons. The van der Waals surface area contributed by atoms with Crippen LogP contribution in [0.15, 0.2) is 58.9 Å². The molecule has 4 rings (SSSR count). The van der Waals surface area contributed by atoms with E-state index >= 15 is 0 Å². The molecule has 3 aromatic rings. The Balaban J connectivity index is 1.57. The van der Waals surface area contributed by atoms with E-state index < -0.39 is 5.54 Å². The monoisotopic (exact) mass is 426 g/mol. The van der Waals surface area contributed by atoms with Crippen LogP contribution in [0.5, 0.6) is 0 Å². The molecule has 8 heteroatoms. The average Bonchev–Trinajstić information content (AvgIpc) is 3.20. The van der Waals surface area contributed by atoms with Gasteiger partial charge in [0.05, 0.1) is 5.54 Å². The number of benzene rings is 2. The van der Waals surface area contributed by atoms with Gasteiger partial charge in [-0.1, -0.05) is 42.1 Å². The molecule has 0 aliphatic carbocycles. The van der Waals surface area contributed by atoms with Crippen molar-refractivity contribution in [2.24, 2.45) is 10.7 Å². The molecule has 29 heavy (non-hydrogen) atoms. The molecule has 0 fully saturated rings. The second kappa shape index (κ2) is 7.96. The highest BCUT2D eigenvalue weighted by Gasteiger charge is 2.32. The van der Waals surface area contributed by atoms with Crippen LogP contribution in [-0.4, -0.2) is 21.8 Å². The number of amides is 1. The lowest BCUT2D eigenvalue weighted by Crippen LogP contribution is -2.29.